The Morgan fingerprint density at radius 3 is 1.24 bits per heavy atom. The van der Waals surface area contributed by atoms with Crippen LogP contribution in [0.2, 0.25) is 0 Å². The van der Waals surface area contributed by atoms with Gasteiger partial charge < -0.3 is 70.4 Å². The second-order valence-electron chi connectivity index (χ2n) is 15.1. The van der Waals surface area contributed by atoms with E-state index in [1.807, 2.05) is 24.3 Å². The summed E-state index contributed by atoms with van der Waals surface area (Å²) in [6, 6.07) is 11.4. The molecule has 2 aromatic carbocycles. The van der Waals surface area contributed by atoms with Gasteiger partial charge in [-0.05, 0) is 34.1 Å². The first-order valence-corrected chi connectivity index (χ1v) is 17.1. The molecule has 14 nitrogen and oxygen atoms in total. The Balaban J connectivity index is 1.41. The molecular weight excluding hydrogens is 652 g/mol. The monoisotopic (exact) mass is 708 g/mol. The average molecular weight is 709 g/mol. The summed E-state index contributed by atoms with van der Waals surface area (Å²) in [6.45, 7) is 13.3. The van der Waals surface area contributed by atoms with Gasteiger partial charge in [-0.1, -0.05) is 65.8 Å². The van der Waals surface area contributed by atoms with Crippen LogP contribution in [0.3, 0.4) is 0 Å². The summed E-state index contributed by atoms with van der Waals surface area (Å²) >= 11 is 0. The molecule has 0 radical (unpaired) electrons. The van der Waals surface area contributed by atoms with Crippen molar-refractivity contribution in [1.29, 1.82) is 0 Å². The standard InChI is InChI=1S/C36H56N2O12/c1-35(2,3)21-7-9-23(47-33-31(45)29(43)27(41)25(17-39)49-33)19(13-21)15-37-11-12-38-16-20-14-22(36(4,5)6)8-10-24(20)48-34-32(46)30(44)28(42)26(18-40)50-34/h7-10,13-14,25-34,37-46H,11-12,15-18H2,1-6H3/t25-,26-,27-,28-,29+,30+,31-,32-,33-,34-/m1/s1. The van der Waals surface area contributed by atoms with Crippen molar-refractivity contribution in [3.63, 3.8) is 0 Å². The van der Waals surface area contributed by atoms with Crippen LogP contribution in [0.1, 0.15) is 63.8 Å². The fourth-order valence-electron chi connectivity index (χ4n) is 5.80. The van der Waals surface area contributed by atoms with Crippen LogP contribution in [0, 0.1) is 0 Å². The lowest BCUT2D eigenvalue weighted by molar-refractivity contribution is -0.277. The minimum Gasteiger partial charge on any atom is -0.462 e. The summed E-state index contributed by atoms with van der Waals surface area (Å²) < 4.78 is 23.2. The van der Waals surface area contributed by atoms with E-state index in [-0.39, 0.29) is 10.8 Å². The molecule has 2 saturated heterocycles. The van der Waals surface area contributed by atoms with Crippen LogP contribution in [0.4, 0.5) is 0 Å². The van der Waals surface area contributed by atoms with E-state index < -0.39 is 74.6 Å². The Kier molecular flexibility index (Phi) is 13.7. The van der Waals surface area contributed by atoms with Gasteiger partial charge in [-0.25, -0.2) is 0 Å². The molecule has 10 N–H and O–H groups in total. The van der Waals surface area contributed by atoms with Crippen LogP contribution in [0.15, 0.2) is 36.4 Å². The van der Waals surface area contributed by atoms with Gasteiger partial charge in [-0.2, -0.15) is 0 Å². The Hall–Kier alpha value is -2.44. The highest BCUT2D eigenvalue weighted by molar-refractivity contribution is 5.41. The zero-order chi connectivity index (χ0) is 37.0. The third-order valence-corrected chi connectivity index (χ3v) is 9.15. The molecule has 0 amide bonds. The van der Waals surface area contributed by atoms with Crippen molar-refractivity contribution in [2.24, 2.45) is 0 Å². The minimum absolute atomic E-state index is 0.158. The zero-order valence-electron chi connectivity index (χ0n) is 29.7. The molecule has 2 aliphatic rings. The van der Waals surface area contributed by atoms with E-state index in [4.69, 9.17) is 18.9 Å². The molecular formula is C36H56N2O12. The number of hydrogen-bond donors (Lipinski definition) is 10. The van der Waals surface area contributed by atoms with Crippen molar-refractivity contribution in [3.05, 3.63) is 58.7 Å². The van der Waals surface area contributed by atoms with E-state index in [0.717, 1.165) is 22.3 Å². The highest BCUT2D eigenvalue weighted by Gasteiger charge is 2.46. The smallest absolute Gasteiger partial charge is 0.229 e. The highest BCUT2D eigenvalue weighted by atomic mass is 16.7. The molecule has 10 atom stereocenters. The molecule has 4 rings (SSSR count). The predicted molar refractivity (Wildman–Crippen MR) is 182 cm³/mol. The Morgan fingerprint density at radius 2 is 0.920 bits per heavy atom. The van der Waals surface area contributed by atoms with Gasteiger partial charge in [0, 0.05) is 37.3 Å². The quantitative estimate of drug-likeness (QED) is 0.119. The fraction of sp³-hybridized carbons (Fsp3) is 0.667. The van der Waals surface area contributed by atoms with Crippen LogP contribution in [0.5, 0.6) is 11.5 Å². The Labute approximate surface area is 293 Å². The molecule has 282 valence electrons. The average Bonchev–Trinajstić information content (AvgIpc) is 3.06. The van der Waals surface area contributed by atoms with Crippen molar-refractivity contribution in [2.75, 3.05) is 26.3 Å². The molecule has 0 aliphatic carbocycles. The number of benzene rings is 2. The van der Waals surface area contributed by atoms with Crippen molar-refractivity contribution in [2.45, 2.75) is 127 Å². The third-order valence-electron chi connectivity index (χ3n) is 9.15. The number of ether oxygens (including phenoxy) is 4. The number of aliphatic hydroxyl groups is 8. The lowest BCUT2D eigenvalue weighted by atomic mass is 9.86. The van der Waals surface area contributed by atoms with Gasteiger partial charge in [0.15, 0.2) is 0 Å². The summed E-state index contributed by atoms with van der Waals surface area (Å²) in [5.74, 6) is 0.827. The summed E-state index contributed by atoms with van der Waals surface area (Å²) in [5, 5.41) is 87.8. The van der Waals surface area contributed by atoms with Crippen molar-refractivity contribution in [1.82, 2.24) is 10.6 Å². The topological polar surface area (TPSA) is 223 Å². The number of aliphatic hydroxyl groups excluding tert-OH is 8. The first-order valence-electron chi connectivity index (χ1n) is 17.1. The highest BCUT2D eigenvalue weighted by Crippen LogP contribution is 2.33. The van der Waals surface area contributed by atoms with E-state index >= 15 is 0 Å². The minimum atomic E-state index is -1.56. The first kappa shape index (κ1) is 40.3. The summed E-state index contributed by atoms with van der Waals surface area (Å²) in [5.41, 5.74) is 3.35. The molecule has 2 aromatic rings. The summed E-state index contributed by atoms with van der Waals surface area (Å²) in [6.07, 6.45) is -14.0. The first-order chi connectivity index (χ1) is 23.5. The second kappa shape index (κ2) is 16.9. The van der Waals surface area contributed by atoms with Crippen LogP contribution in [0.25, 0.3) is 0 Å². The normalized spacial score (nSPS) is 30.7. The molecule has 0 unspecified atom stereocenters. The van der Waals surface area contributed by atoms with Crippen LogP contribution >= 0.6 is 0 Å². The molecule has 2 heterocycles. The third kappa shape index (κ3) is 9.70. The van der Waals surface area contributed by atoms with Gasteiger partial charge in [0.05, 0.1) is 13.2 Å². The zero-order valence-corrected chi connectivity index (χ0v) is 29.7. The molecule has 0 bridgehead atoms. The van der Waals surface area contributed by atoms with E-state index in [9.17, 15) is 40.9 Å². The van der Waals surface area contributed by atoms with Crippen LogP contribution < -0.4 is 20.1 Å². The number of nitrogens with one attached hydrogen (secondary N) is 2. The maximum atomic E-state index is 10.5. The van der Waals surface area contributed by atoms with Crippen molar-refractivity contribution < 1.29 is 59.8 Å². The molecule has 14 heteroatoms. The van der Waals surface area contributed by atoms with E-state index in [2.05, 4.69) is 52.2 Å². The predicted octanol–water partition coefficient (Wildman–Crippen LogP) is -0.482. The SMILES string of the molecule is CC(C)(C)c1ccc(O[C@@H]2O[C@H](CO)[C@@H](O)[C@H](O)[C@H]2O)c(CNCCNCc2cc(C(C)(C)C)ccc2O[C@@H]2O[C@H](CO)[C@@H](O)[C@H](O)[C@H]2O)c1. The van der Waals surface area contributed by atoms with E-state index in [1.54, 1.807) is 12.1 Å². The summed E-state index contributed by atoms with van der Waals surface area (Å²) in [4.78, 5) is 0. The molecule has 0 aromatic heterocycles. The van der Waals surface area contributed by atoms with Crippen LogP contribution in [-0.4, -0.2) is 129 Å². The Morgan fingerprint density at radius 1 is 0.560 bits per heavy atom. The van der Waals surface area contributed by atoms with Gasteiger partial charge in [-0.15, -0.1) is 0 Å². The van der Waals surface area contributed by atoms with Gasteiger partial charge >= 0.3 is 0 Å². The molecule has 50 heavy (non-hydrogen) atoms. The molecule has 0 saturated carbocycles. The summed E-state index contributed by atoms with van der Waals surface area (Å²) in [7, 11) is 0. The molecule has 2 aliphatic heterocycles. The molecule has 2 fully saturated rings. The lowest BCUT2D eigenvalue weighted by Gasteiger charge is -2.39. The fourth-order valence-corrected chi connectivity index (χ4v) is 5.80. The number of hydrogen-bond acceptors (Lipinski definition) is 14. The molecule has 0 spiro atoms. The van der Waals surface area contributed by atoms with Gasteiger partial charge in [0.1, 0.15) is 60.3 Å². The van der Waals surface area contributed by atoms with Crippen LogP contribution in [-0.2, 0) is 33.4 Å². The maximum Gasteiger partial charge on any atom is 0.229 e. The van der Waals surface area contributed by atoms with E-state index in [0.29, 0.717) is 37.7 Å². The van der Waals surface area contributed by atoms with Gasteiger partial charge in [-0.3, -0.25) is 0 Å². The Bertz CT molecular complexity index is 1270. The van der Waals surface area contributed by atoms with Crippen molar-refractivity contribution >= 4 is 0 Å². The lowest BCUT2D eigenvalue weighted by Crippen LogP contribution is -2.60. The second-order valence-corrected chi connectivity index (χ2v) is 15.1. The maximum absolute atomic E-state index is 10.5. The van der Waals surface area contributed by atoms with Gasteiger partial charge in [0.2, 0.25) is 12.6 Å². The van der Waals surface area contributed by atoms with E-state index in [1.165, 1.54) is 0 Å². The largest absolute Gasteiger partial charge is 0.462 e. The van der Waals surface area contributed by atoms with Gasteiger partial charge in [0.25, 0.3) is 0 Å². The van der Waals surface area contributed by atoms with Crippen molar-refractivity contribution in [3.8, 4) is 11.5 Å². The number of rotatable bonds is 13.